The largest absolute Gasteiger partial charge is 0.490 e. The smallest absolute Gasteiger partial charge is 0.123 e. The lowest BCUT2D eigenvalue weighted by atomic mass is 9.81. The molecule has 0 aromatic heterocycles. The molecular formula is C20H30O4. The molecule has 1 aromatic carbocycles. The molecular weight excluding hydrogens is 304 g/mol. The van der Waals surface area contributed by atoms with Gasteiger partial charge in [-0.1, -0.05) is 41.5 Å². The van der Waals surface area contributed by atoms with Gasteiger partial charge < -0.3 is 18.9 Å². The van der Waals surface area contributed by atoms with E-state index in [1.807, 2.05) is 0 Å². The van der Waals surface area contributed by atoms with Crippen molar-refractivity contribution in [3.05, 3.63) is 23.3 Å². The molecule has 2 fully saturated rings. The van der Waals surface area contributed by atoms with E-state index < -0.39 is 0 Å². The topological polar surface area (TPSA) is 43.5 Å². The van der Waals surface area contributed by atoms with Gasteiger partial charge in [-0.2, -0.15) is 0 Å². The van der Waals surface area contributed by atoms with Crippen molar-refractivity contribution in [3.8, 4) is 11.5 Å². The van der Waals surface area contributed by atoms with Crippen molar-refractivity contribution in [3.63, 3.8) is 0 Å². The van der Waals surface area contributed by atoms with Crippen LogP contribution >= 0.6 is 0 Å². The predicted octanol–water partition coefficient (Wildman–Crippen LogP) is 3.84. The molecule has 24 heavy (non-hydrogen) atoms. The molecule has 0 N–H and O–H groups in total. The average Bonchev–Trinajstić information content (AvgIpc) is 3.34. The fraction of sp³-hybridized carbons (Fsp3) is 0.700. The van der Waals surface area contributed by atoms with E-state index in [0.29, 0.717) is 13.2 Å². The highest BCUT2D eigenvalue weighted by molar-refractivity contribution is 5.51. The van der Waals surface area contributed by atoms with Gasteiger partial charge in [-0.05, 0) is 23.0 Å². The first-order valence-electron chi connectivity index (χ1n) is 8.82. The summed E-state index contributed by atoms with van der Waals surface area (Å²) in [4.78, 5) is 0. The first kappa shape index (κ1) is 17.6. The third kappa shape index (κ3) is 4.42. The predicted molar refractivity (Wildman–Crippen MR) is 94.3 cm³/mol. The molecule has 0 spiro atoms. The van der Waals surface area contributed by atoms with Gasteiger partial charge in [0.25, 0.3) is 0 Å². The van der Waals surface area contributed by atoms with Gasteiger partial charge in [-0.15, -0.1) is 0 Å². The fourth-order valence-electron chi connectivity index (χ4n) is 2.66. The molecule has 0 bridgehead atoms. The van der Waals surface area contributed by atoms with Gasteiger partial charge in [0.1, 0.15) is 36.9 Å². The van der Waals surface area contributed by atoms with Crippen LogP contribution in [0.25, 0.3) is 0 Å². The van der Waals surface area contributed by atoms with E-state index in [9.17, 15) is 0 Å². The highest BCUT2D eigenvalue weighted by Gasteiger charge is 2.30. The number of benzene rings is 1. The molecule has 0 radical (unpaired) electrons. The Bertz CT molecular complexity index is 533. The summed E-state index contributed by atoms with van der Waals surface area (Å²) in [5.74, 6) is 1.89. The zero-order valence-electron chi connectivity index (χ0n) is 15.8. The lowest BCUT2D eigenvalue weighted by Gasteiger charge is -2.29. The average molecular weight is 334 g/mol. The Labute approximate surface area is 145 Å². The van der Waals surface area contributed by atoms with Gasteiger partial charge in [0.2, 0.25) is 0 Å². The Morgan fingerprint density at radius 3 is 1.38 bits per heavy atom. The number of hydrogen-bond acceptors (Lipinski definition) is 4. The van der Waals surface area contributed by atoms with Gasteiger partial charge in [0.15, 0.2) is 0 Å². The quantitative estimate of drug-likeness (QED) is 0.742. The van der Waals surface area contributed by atoms with Gasteiger partial charge in [0.05, 0.1) is 13.2 Å². The number of rotatable bonds is 6. The van der Waals surface area contributed by atoms with Crippen molar-refractivity contribution in [2.24, 2.45) is 0 Å². The molecule has 0 amide bonds. The zero-order valence-corrected chi connectivity index (χ0v) is 15.8. The summed E-state index contributed by atoms with van der Waals surface area (Å²) in [6, 6.07) is 4.32. The Balaban J connectivity index is 1.95. The number of ether oxygens (including phenoxy) is 4. The van der Waals surface area contributed by atoms with Gasteiger partial charge in [0, 0.05) is 11.1 Å². The summed E-state index contributed by atoms with van der Waals surface area (Å²) in [6.45, 7) is 16.0. The number of hydrogen-bond donors (Lipinski definition) is 0. The second-order valence-corrected chi connectivity index (χ2v) is 8.88. The summed E-state index contributed by atoms with van der Waals surface area (Å²) in [5, 5.41) is 0. The van der Waals surface area contributed by atoms with Crippen LogP contribution in [0.15, 0.2) is 12.1 Å². The fourth-order valence-corrected chi connectivity index (χ4v) is 2.66. The maximum Gasteiger partial charge on any atom is 0.123 e. The van der Waals surface area contributed by atoms with Crippen LogP contribution in [-0.4, -0.2) is 38.6 Å². The molecule has 4 nitrogen and oxygen atoms in total. The molecule has 2 heterocycles. The van der Waals surface area contributed by atoms with E-state index in [-0.39, 0.29) is 23.0 Å². The number of epoxide rings is 2. The summed E-state index contributed by atoms with van der Waals surface area (Å²) in [7, 11) is 0. The van der Waals surface area contributed by atoms with Crippen LogP contribution in [0.3, 0.4) is 0 Å². The molecule has 2 saturated heterocycles. The maximum atomic E-state index is 6.11. The van der Waals surface area contributed by atoms with Gasteiger partial charge in [-0.25, -0.2) is 0 Å². The Hall–Kier alpha value is -1.26. The summed E-state index contributed by atoms with van der Waals surface area (Å²) in [6.07, 6.45) is 0.498. The van der Waals surface area contributed by atoms with E-state index in [4.69, 9.17) is 18.9 Å². The lowest BCUT2D eigenvalue weighted by molar-refractivity contribution is 0.249. The van der Waals surface area contributed by atoms with Crippen molar-refractivity contribution in [2.45, 2.75) is 64.6 Å². The second kappa shape index (κ2) is 6.23. The molecule has 2 aliphatic heterocycles. The van der Waals surface area contributed by atoms with E-state index in [2.05, 4.69) is 53.7 Å². The van der Waals surface area contributed by atoms with Gasteiger partial charge in [-0.3, -0.25) is 0 Å². The molecule has 1 aromatic rings. The third-order valence-corrected chi connectivity index (χ3v) is 4.35. The van der Waals surface area contributed by atoms with Crippen molar-refractivity contribution in [1.29, 1.82) is 0 Å². The molecule has 3 rings (SSSR count). The molecule has 0 aliphatic carbocycles. The minimum Gasteiger partial charge on any atom is -0.490 e. The first-order valence-corrected chi connectivity index (χ1v) is 8.82. The van der Waals surface area contributed by atoms with Crippen LogP contribution in [-0.2, 0) is 20.3 Å². The first-order chi connectivity index (χ1) is 11.1. The molecule has 2 atom stereocenters. The van der Waals surface area contributed by atoms with Crippen LogP contribution < -0.4 is 9.47 Å². The lowest BCUT2D eigenvalue weighted by Crippen LogP contribution is -2.20. The third-order valence-electron chi connectivity index (χ3n) is 4.35. The SMILES string of the molecule is CC(C)(C)c1cc(OCC2CO2)c(C(C)(C)C)cc1OCC1CO1. The van der Waals surface area contributed by atoms with Crippen LogP contribution in [0.2, 0.25) is 0 Å². The van der Waals surface area contributed by atoms with Crippen molar-refractivity contribution >= 4 is 0 Å². The molecule has 2 unspecified atom stereocenters. The highest BCUT2D eigenvalue weighted by atomic mass is 16.6. The van der Waals surface area contributed by atoms with E-state index in [1.54, 1.807) is 0 Å². The normalized spacial score (nSPS) is 23.1. The van der Waals surface area contributed by atoms with Crippen molar-refractivity contribution in [1.82, 2.24) is 0 Å². The minimum absolute atomic E-state index is 0.0235. The van der Waals surface area contributed by atoms with Crippen molar-refractivity contribution < 1.29 is 18.9 Å². The Kier molecular flexibility index (Phi) is 4.56. The van der Waals surface area contributed by atoms with Crippen LogP contribution in [0, 0.1) is 0 Å². The van der Waals surface area contributed by atoms with E-state index in [0.717, 1.165) is 24.7 Å². The highest BCUT2D eigenvalue weighted by Crippen LogP contribution is 2.41. The molecule has 0 saturated carbocycles. The zero-order chi connectivity index (χ0) is 17.5. The molecule has 134 valence electrons. The van der Waals surface area contributed by atoms with E-state index >= 15 is 0 Å². The molecule has 2 aliphatic rings. The summed E-state index contributed by atoms with van der Waals surface area (Å²) >= 11 is 0. The van der Waals surface area contributed by atoms with Crippen molar-refractivity contribution in [2.75, 3.05) is 26.4 Å². The molecule has 4 heteroatoms. The Morgan fingerprint density at radius 1 is 0.792 bits per heavy atom. The maximum absolute atomic E-state index is 6.11. The van der Waals surface area contributed by atoms with Crippen LogP contribution in [0.5, 0.6) is 11.5 Å². The van der Waals surface area contributed by atoms with E-state index in [1.165, 1.54) is 11.1 Å². The van der Waals surface area contributed by atoms with Gasteiger partial charge >= 0.3 is 0 Å². The van der Waals surface area contributed by atoms with Crippen LogP contribution in [0.4, 0.5) is 0 Å². The summed E-state index contributed by atoms with van der Waals surface area (Å²) < 4.78 is 22.8. The monoisotopic (exact) mass is 334 g/mol. The standard InChI is InChI=1S/C20H30O4/c1-19(2,3)15-7-18(24-12-14-10-22-14)16(20(4,5)6)8-17(15)23-11-13-9-21-13/h7-8,13-14H,9-12H2,1-6H3. The Morgan fingerprint density at radius 2 is 1.12 bits per heavy atom. The second-order valence-electron chi connectivity index (χ2n) is 8.88. The minimum atomic E-state index is -0.0235. The van der Waals surface area contributed by atoms with Crippen LogP contribution in [0.1, 0.15) is 52.7 Å². The summed E-state index contributed by atoms with van der Waals surface area (Å²) in [5.41, 5.74) is 2.29.